The number of hydrogen-bond donors (Lipinski definition) is 3. The first-order valence-corrected chi connectivity index (χ1v) is 4.05. The molecule has 2 atom stereocenters. The normalized spacial score (nSPS) is 16.9. The highest BCUT2D eigenvalue weighted by molar-refractivity contribution is 5.82. The number of esters is 1. The Morgan fingerprint density at radius 2 is 1.93 bits per heavy atom. The van der Waals surface area contributed by atoms with Gasteiger partial charge in [-0.1, -0.05) is 0 Å². The SMILES string of the molecule is CC(CO)C(=O)OC(C)(CO)C(=O)O. The summed E-state index contributed by atoms with van der Waals surface area (Å²) in [6.45, 7) is 1.23. The molecule has 0 saturated heterocycles. The molecule has 0 fully saturated rings. The third kappa shape index (κ3) is 2.97. The Balaban J connectivity index is 4.47. The fourth-order valence-corrected chi connectivity index (χ4v) is 0.541. The molecule has 0 spiro atoms. The molecule has 0 amide bonds. The summed E-state index contributed by atoms with van der Waals surface area (Å²) in [5, 5.41) is 26.0. The van der Waals surface area contributed by atoms with E-state index >= 15 is 0 Å². The first-order valence-electron chi connectivity index (χ1n) is 4.05. The first kappa shape index (κ1) is 12.9. The molecule has 0 aliphatic heterocycles. The van der Waals surface area contributed by atoms with Crippen molar-refractivity contribution < 1.29 is 29.6 Å². The van der Waals surface area contributed by atoms with Crippen molar-refractivity contribution in [2.45, 2.75) is 19.4 Å². The van der Waals surface area contributed by atoms with Gasteiger partial charge in [0.2, 0.25) is 5.60 Å². The van der Waals surface area contributed by atoms with E-state index < -0.39 is 36.7 Å². The molecule has 0 bridgehead atoms. The summed E-state index contributed by atoms with van der Waals surface area (Å²) in [6, 6.07) is 0. The van der Waals surface area contributed by atoms with Crippen molar-refractivity contribution >= 4 is 11.9 Å². The topological polar surface area (TPSA) is 104 Å². The monoisotopic (exact) mass is 206 g/mol. The van der Waals surface area contributed by atoms with Gasteiger partial charge in [0, 0.05) is 0 Å². The van der Waals surface area contributed by atoms with Crippen LogP contribution in [0.5, 0.6) is 0 Å². The van der Waals surface area contributed by atoms with Gasteiger partial charge >= 0.3 is 11.9 Å². The van der Waals surface area contributed by atoms with Crippen molar-refractivity contribution in [3.63, 3.8) is 0 Å². The summed E-state index contributed by atoms with van der Waals surface area (Å²) in [4.78, 5) is 21.7. The highest BCUT2D eigenvalue weighted by Gasteiger charge is 2.37. The minimum Gasteiger partial charge on any atom is -0.478 e. The summed E-state index contributed by atoms with van der Waals surface area (Å²) < 4.78 is 4.55. The first-order chi connectivity index (χ1) is 6.37. The van der Waals surface area contributed by atoms with Gasteiger partial charge in [-0.15, -0.1) is 0 Å². The van der Waals surface area contributed by atoms with Gasteiger partial charge in [0.05, 0.1) is 19.1 Å². The van der Waals surface area contributed by atoms with E-state index in [1.165, 1.54) is 6.92 Å². The fraction of sp³-hybridized carbons (Fsp3) is 0.750. The number of carboxylic acid groups (broad SMARTS) is 1. The van der Waals surface area contributed by atoms with Gasteiger partial charge in [-0.05, 0) is 13.8 Å². The van der Waals surface area contributed by atoms with Crippen LogP contribution in [0.3, 0.4) is 0 Å². The number of ether oxygens (including phenoxy) is 1. The van der Waals surface area contributed by atoms with E-state index in [1.54, 1.807) is 0 Å². The van der Waals surface area contributed by atoms with E-state index in [0.29, 0.717) is 0 Å². The second-order valence-electron chi connectivity index (χ2n) is 3.20. The number of carbonyl (C=O) groups is 2. The summed E-state index contributed by atoms with van der Waals surface area (Å²) >= 11 is 0. The summed E-state index contributed by atoms with van der Waals surface area (Å²) in [5.74, 6) is -3.09. The average molecular weight is 206 g/mol. The van der Waals surface area contributed by atoms with Gasteiger partial charge in [0.15, 0.2) is 0 Å². The molecule has 0 radical (unpaired) electrons. The zero-order valence-electron chi connectivity index (χ0n) is 8.06. The van der Waals surface area contributed by atoms with Crippen LogP contribution in [-0.2, 0) is 14.3 Å². The van der Waals surface area contributed by atoms with Crippen LogP contribution in [0.1, 0.15) is 13.8 Å². The van der Waals surface area contributed by atoms with Crippen molar-refractivity contribution in [3.05, 3.63) is 0 Å². The van der Waals surface area contributed by atoms with E-state index in [0.717, 1.165) is 6.92 Å². The van der Waals surface area contributed by atoms with Gasteiger partial charge < -0.3 is 20.1 Å². The fourth-order valence-electron chi connectivity index (χ4n) is 0.541. The molecule has 82 valence electrons. The molecule has 14 heavy (non-hydrogen) atoms. The number of hydrogen-bond acceptors (Lipinski definition) is 5. The molecular weight excluding hydrogens is 192 g/mol. The minimum atomic E-state index is -1.94. The number of rotatable bonds is 5. The number of aliphatic hydroxyl groups excluding tert-OH is 2. The molecule has 0 aliphatic carbocycles. The van der Waals surface area contributed by atoms with Gasteiger partial charge in [-0.3, -0.25) is 4.79 Å². The lowest BCUT2D eigenvalue weighted by Crippen LogP contribution is -2.45. The largest absolute Gasteiger partial charge is 0.478 e. The summed E-state index contributed by atoms with van der Waals surface area (Å²) in [6.07, 6.45) is 0. The van der Waals surface area contributed by atoms with Crippen molar-refractivity contribution in [3.8, 4) is 0 Å². The predicted octanol–water partition coefficient (Wildman–Crippen LogP) is -1.01. The van der Waals surface area contributed by atoms with E-state index in [4.69, 9.17) is 15.3 Å². The number of aliphatic hydroxyl groups is 2. The smallest absolute Gasteiger partial charge is 0.350 e. The maximum Gasteiger partial charge on any atom is 0.350 e. The van der Waals surface area contributed by atoms with Crippen molar-refractivity contribution in [2.24, 2.45) is 5.92 Å². The van der Waals surface area contributed by atoms with Crippen molar-refractivity contribution in [2.75, 3.05) is 13.2 Å². The number of aliphatic carboxylic acids is 1. The van der Waals surface area contributed by atoms with E-state index in [9.17, 15) is 9.59 Å². The Bertz CT molecular complexity index is 226. The molecule has 2 unspecified atom stereocenters. The van der Waals surface area contributed by atoms with Crippen LogP contribution in [0.4, 0.5) is 0 Å². The third-order valence-corrected chi connectivity index (χ3v) is 1.76. The lowest BCUT2D eigenvalue weighted by molar-refractivity contribution is -0.184. The minimum absolute atomic E-state index is 0.431. The van der Waals surface area contributed by atoms with Crippen LogP contribution in [0, 0.1) is 5.92 Å². The van der Waals surface area contributed by atoms with Crippen LogP contribution in [0.2, 0.25) is 0 Å². The lowest BCUT2D eigenvalue weighted by atomic mass is 10.1. The molecule has 6 nitrogen and oxygen atoms in total. The summed E-state index contributed by atoms with van der Waals surface area (Å²) in [5.41, 5.74) is -1.94. The molecule has 0 aromatic heterocycles. The standard InChI is InChI=1S/C8H14O6/c1-5(3-9)6(11)14-8(2,4-10)7(12)13/h5,9-10H,3-4H2,1-2H3,(H,12,13). The van der Waals surface area contributed by atoms with Crippen LogP contribution in [0.25, 0.3) is 0 Å². The van der Waals surface area contributed by atoms with Crippen LogP contribution in [-0.4, -0.2) is 46.1 Å². The number of carbonyl (C=O) groups excluding carboxylic acids is 1. The molecule has 0 rings (SSSR count). The second-order valence-corrected chi connectivity index (χ2v) is 3.20. The van der Waals surface area contributed by atoms with E-state index in [1.807, 2.05) is 0 Å². The zero-order chi connectivity index (χ0) is 11.4. The zero-order valence-corrected chi connectivity index (χ0v) is 8.06. The lowest BCUT2D eigenvalue weighted by Gasteiger charge is -2.23. The quantitative estimate of drug-likeness (QED) is 0.498. The summed E-state index contributed by atoms with van der Waals surface area (Å²) in [7, 11) is 0. The maximum absolute atomic E-state index is 11.1. The molecule has 0 heterocycles. The second kappa shape index (κ2) is 4.92. The van der Waals surface area contributed by atoms with Crippen LogP contribution >= 0.6 is 0 Å². The molecular formula is C8H14O6. The Hall–Kier alpha value is -1.14. The van der Waals surface area contributed by atoms with Gasteiger partial charge in [-0.2, -0.15) is 0 Å². The van der Waals surface area contributed by atoms with Crippen molar-refractivity contribution in [1.29, 1.82) is 0 Å². The predicted molar refractivity (Wildman–Crippen MR) is 45.5 cm³/mol. The highest BCUT2D eigenvalue weighted by Crippen LogP contribution is 2.12. The average Bonchev–Trinajstić information content (AvgIpc) is 2.15. The molecule has 0 saturated carbocycles. The number of carboxylic acids is 1. The maximum atomic E-state index is 11.1. The Kier molecular flexibility index (Phi) is 4.52. The third-order valence-electron chi connectivity index (χ3n) is 1.76. The molecule has 0 aromatic rings. The highest BCUT2D eigenvalue weighted by atomic mass is 16.6. The Morgan fingerprint density at radius 3 is 2.21 bits per heavy atom. The van der Waals surface area contributed by atoms with Gasteiger partial charge in [-0.25, -0.2) is 4.79 Å². The molecule has 3 N–H and O–H groups in total. The van der Waals surface area contributed by atoms with Crippen molar-refractivity contribution in [1.82, 2.24) is 0 Å². The van der Waals surface area contributed by atoms with E-state index in [-0.39, 0.29) is 0 Å². The van der Waals surface area contributed by atoms with Gasteiger partial charge in [0.1, 0.15) is 0 Å². The Labute approximate surface area is 81.1 Å². The molecule has 0 aliphatic rings. The van der Waals surface area contributed by atoms with E-state index in [2.05, 4.69) is 4.74 Å². The Morgan fingerprint density at radius 1 is 1.43 bits per heavy atom. The van der Waals surface area contributed by atoms with Gasteiger partial charge in [0.25, 0.3) is 0 Å². The molecule has 6 heteroatoms. The van der Waals surface area contributed by atoms with Crippen LogP contribution in [0.15, 0.2) is 0 Å². The van der Waals surface area contributed by atoms with Crippen LogP contribution < -0.4 is 0 Å². The molecule has 0 aromatic carbocycles.